The van der Waals surface area contributed by atoms with Gasteiger partial charge in [-0.2, -0.15) is 0 Å². The van der Waals surface area contributed by atoms with Crippen LogP contribution in [0.5, 0.6) is 5.75 Å². The van der Waals surface area contributed by atoms with E-state index in [1.54, 1.807) is 12.1 Å². The van der Waals surface area contributed by atoms with Crippen molar-refractivity contribution in [2.24, 2.45) is 0 Å². The van der Waals surface area contributed by atoms with Crippen LogP contribution in [0.2, 0.25) is 0 Å². The predicted octanol–water partition coefficient (Wildman–Crippen LogP) is 3.22. The minimum absolute atomic E-state index is 0.0533. The smallest absolute Gasteiger partial charge is 0.339 e. The van der Waals surface area contributed by atoms with Crippen LogP contribution in [0.25, 0.3) is 0 Å². The molecule has 1 aliphatic carbocycles. The first kappa shape index (κ1) is 12.0. The van der Waals surface area contributed by atoms with Crippen LogP contribution in [0.4, 0.5) is 0 Å². The zero-order valence-electron chi connectivity index (χ0n) is 10.5. The zero-order valence-corrected chi connectivity index (χ0v) is 10.5. The van der Waals surface area contributed by atoms with E-state index in [2.05, 4.69) is 20.8 Å². The molecule has 0 aliphatic heterocycles. The van der Waals surface area contributed by atoms with E-state index in [0.29, 0.717) is 5.75 Å². The number of benzene rings is 1. The van der Waals surface area contributed by atoms with Gasteiger partial charge in [0.25, 0.3) is 0 Å². The highest BCUT2D eigenvalue weighted by atomic mass is 16.5. The van der Waals surface area contributed by atoms with Gasteiger partial charge in [-0.1, -0.05) is 26.8 Å². The molecule has 0 bridgehead atoms. The predicted molar refractivity (Wildman–Crippen MR) is 65.8 cm³/mol. The highest BCUT2D eigenvalue weighted by molar-refractivity contribution is 5.91. The third-order valence-corrected chi connectivity index (χ3v) is 2.89. The third-order valence-electron chi connectivity index (χ3n) is 2.89. The van der Waals surface area contributed by atoms with Crippen LogP contribution >= 0.6 is 0 Å². The first-order valence-corrected chi connectivity index (χ1v) is 5.92. The number of hydrogen-bond acceptors (Lipinski definition) is 2. The molecule has 1 aliphatic rings. The average Bonchev–Trinajstić information content (AvgIpc) is 3.00. The number of rotatable bonds is 3. The summed E-state index contributed by atoms with van der Waals surface area (Å²) in [5.74, 6) is -0.431. The molecule has 1 aromatic rings. The topological polar surface area (TPSA) is 46.5 Å². The van der Waals surface area contributed by atoms with E-state index in [1.807, 2.05) is 6.07 Å². The maximum Gasteiger partial charge on any atom is 0.339 e. The number of ether oxygens (including phenoxy) is 1. The monoisotopic (exact) mass is 234 g/mol. The van der Waals surface area contributed by atoms with E-state index in [4.69, 9.17) is 4.74 Å². The maximum atomic E-state index is 11.2. The Kier molecular flexibility index (Phi) is 2.86. The van der Waals surface area contributed by atoms with Crippen LogP contribution in [-0.2, 0) is 5.41 Å². The molecule has 2 rings (SSSR count). The van der Waals surface area contributed by atoms with Gasteiger partial charge in [0, 0.05) is 0 Å². The standard InChI is InChI=1S/C14H18O3/c1-14(2,3)9-4-7-12(17-10-5-6-10)11(8-9)13(15)16/h4,7-8,10H,5-6H2,1-3H3,(H,15,16). The Labute approximate surface area is 101 Å². The lowest BCUT2D eigenvalue weighted by Crippen LogP contribution is -2.13. The molecule has 0 spiro atoms. The van der Waals surface area contributed by atoms with Crippen LogP contribution in [-0.4, -0.2) is 17.2 Å². The Balaban J connectivity index is 2.36. The SMILES string of the molecule is CC(C)(C)c1ccc(OC2CC2)c(C(=O)O)c1. The van der Waals surface area contributed by atoms with Crippen molar-refractivity contribution in [2.45, 2.75) is 45.1 Å². The minimum atomic E-state index is -0.924. The first-order valence-electron chi connectivity index (χ1n) is 5.92. The zero-order chi connectivity index (χ0) is 12.6. The number of carboxylic acid groups (broad SMARTS) is 1. The number of hydrogen-bond donors (Lipinski definition) is 1. The van der Waals surface area contributed by atoms with E-state index in [9.17, 15) is 9.90 Å². The van der Waals surface area contributed by atoms with Crippen molar-refractivity contribution in [1.29, 1.82) is 0 Å². The normalized spacial score (nSPS) is 15.7. The maximum absolute atomic E-state index is 11.2. The lowest BCUT2D eigenvalue weighted by molar-refractivity contribution is 0.0691. The molecule has 17 heavy (non-hydrogen) atoms. The Morgan fingerprint density at radius 2 is 2.00 bits per heavy atom. The molecule has 0 atom stereocenters. The molecule has 92 valence electrons. The van der Waals surface area contributed by atoms with Crippen molar-refractivity contribution >= 4 is 5.97 Å². The number of carbonyl (C=O) groups is 1. The number of aromatic carboxylic acids is 1. The fourth-order valence-corrected chi connectivity index (χ4v) is 1.63. The van der Waals surface area contributed by atoms with Gasteiger partial charge in [-0.15, -0.1) is 0 Å². The summed E-state index contributed by atoms with van der Waals surface area (Å²) < 4.78 is 5.60. The van der Waals surface area contributed by atoms with Gasteiger partial charge in [0.1, 0.15) is 11.3 Å². The van der Waals surface area contributed by atoms with Gasteiger partial charge in [-0.05, 0) is 36.0 Å². The van der Waals surface area contributed by atoms with Crippen LogP contribution < -0.4 is 4.74 Å². The molecular formula is C14H18O3. The Morgan fingerprint density at radius 3 is 2.47 bits per heavy atom. The van der Waals surface area contributed by atoms with E-state index in [1.165, 1.54) is 0 Å². The first-order chi connectivity index (χ1) is 7.88. The molecule has 1 fully saturated rings. The van der Waals surface area contributed by atoms with E-state index in [-0.39, 0.29) is 17.1 Å². The molecular weight excluding hydrogens is 216 g/mol. The second-order valence-corrected chi connectivity index (χ2v) is 5.58. The van der Waals surface area contributed by atoms with E-state index < -0.39 is 5.97 Å². The summed E-state index contributed by atoms with van der Waals surface area (Å²) in [5, 5.41) is 9.21. The van der Waals surface area contributed by atoms with Crippen LogP contribution in [0.1, 0.15) is 49.5 Å². The fraction of sp³-hybridized carbons (Fsp3) is 0.500. The van der Waals surface area contributed by atoms with Gasteiger partial charge in [0.15, 0.2) is 0 Å². The summed E-state index contributed by atoms with van der Waals surface area (Å²) in [6.07, 6.45) is 2.27. The summed E-state index contributed by atoms with van der Waals surface area (Å²) in [7, 11) is 0. The fourth-order valence-electron chi connectivity index (χ4n) is 1.63. The molecule has 0 heterocycles. The van der Waals surface area contributed by atoms with Gasteiger partial charge in [-0.3, -0.25) is 0 Å². The molecule has 3 nitrogen and oxygen atoms in total. The van der Waals surface area contributed by atoms with Gasteiger partial charge in [0.05, 0.1) is 6.10 Å². The molecule has 1 saturated carbocycles. The van der Waals surface area contributed by atoms with E-state index in [0.717, 1.165) is 18.4 Å². The average molecular weight is 234 g/mol. The Morgan fingerprint density at radius 1 is 1.35 bits per heavy atom. The third kappa shape index (κ3) is 2.78. The van der Waals surface area contributed by atoms with Crippen molar-refractivity contribution in [1.82, 2.24) is 0 Å². The quantitative estimate of drug-likeness (QED) is 0.873. The highest BCUT2D eigenvalue weighted by Crippen LogP contribution is 2.32. The van der Waals surface area contributed by atoms with E-state index >= 15 is 0 Å². The molecule has 1 N–H and O–H groups in total. The minimum Gasteiger partial charge on any atom is -0.490 e. The van der Waals surface area contributed by atoms with Crippen molar-refractivity contribution in [3.63, 3.8) is 0 Å². The molecule has 0 saturated heterocycles. The van der Waals surface area contributed by atoms with Gasteiger partial charge in [-0.25, -0.2) is 4.79 Å². The van der Waals surface area contributed by atoms with Crippen molar-refractivity contribution in [3.05, 3.63) is 29.3 Å². The van der Waals surface area contributed by atoms with Crippen molar-refractivity contribution < 1.29 is 14.6 Å². The van der Waals surface area contributed by atoms with Crippen molar-refractivity contribution in [2.75, 3.05) is 0 Å². The molecule has 1 aromatic carbocycles. The summed E-state index contributed by atoms with van der Waals surface area (Å²) in [5.41, 5.74) is 1.23. The lowest BCUT2D eigenvalue weighted by atomic mass is 9.86. The van der Waals surface area contributed by atoms with Crippen molar-refractivity contribution in [3.8, 4) is 5.75 Å². The molecule has 0 amide bonds. The summed E-state index contributed by atoms with van der Waals surface area (Å²) >= 11 is 0. The molecule has 3 heteroatoms. The Bertz CT molecular complexity index is 439. The molecule has 0 radical (unpaired) electrons. The largest absolute Gasteiger partial charge is 0.490 e. The van der Waals surface area contributed by atoms with Gasteiger partial charge in [0.2, 0.25) is 0 Å². The van der Waals surface area contributed by atoms with Crippen LogP contribution in [0, 0.1) is 0 Å². The van der Waals surface area contributed by atoms with Crippen LogP contribution in [0.3, 0.4) is 0 Å². The molecule has 0 unspecified atom stereocenters. The summed E-state index contributed by atoms with van der Waals surface area (Å²) in [6, 6.07) is 5.45. The second kappa shape index (κ2) is 4.06. The Hall–Kier alpha value is -1.51. The van der Waals surface area contributed by atoms with Gasteiger partial charge >= 0.3 is 5.97 Å². The molecule has 0 aromatic heterocycles. The summed E-state index contributed by atoms with van der Waals surface area (Å²) in [6.45, 7) is 6.19. The second-order valence-electron chi connectivity index (χ2n) is 5.58. The van der Waals surface area contributed by atoms with Gasteiger partial charge < -0.3 is 9.84 Å². The number of carboxylic acids is 1. The summed E-state index contributed by atoms with van der Waals surface area (Å²) in [4.78, 5) is 11.2. The highest BCUT2D eigenvalue weighted by Gasteiger charge is 2.26. The van der Waals surface area contributed by atoms with Crippen LogP contribution in [0.15, 0.2) is 18.2 Å². The lowest BCUT2D eigenvalue weighted by Gasteiger charge is -2.20.